The Labute approximate surface area is 124 Å². The van der Waals surface area contributed by atoms with Gasteiger partial charge in [0, 0.05) is 25.3 Å². The first-order valence-corrected chi connectivity index (χ1v) is 8.47. The Bertz CT molecular complexity index is 598. The molecule has 0 radical (unpaired) electrons. The second kappa shape index (κ2) is 6.83. The Hall–Kier alpha value is -1.02. The molecule has 1 fully saturated rings. The van der Waals surface area contributed by atoms with Crippen molar-refractivity contribution in [2.24, 2.45) is 0 Å². The summed E-state index contributed by atoms with van der Waals surface area (Å²) < 4.78 is 46.4. The Morgan fingerprint density at radius 2 is 2.19 bits per heavy atom. The molecule has 1 aliphatic rings. The number of rotatable bonds is 6. The lowest BCUT2D eigenvalue weighted by Crippen LogP contribution is -2.32. The van der Waals surface area contributed by atoms with Gasteiger partial charge in [0.25, 0.3) is 0 Å². The van der Waals surface area contributed by atoms with Crippen molar-refractivity contribution >= 4 is 10.0 Å². The van der Waals surface area contributed by atoms with Gasteiger partial charge >= 0.3 is 0 Å². The van der Waals surface area contributed by atoms with Gasteiger partial charge < -0.3 is 10.1 Å². The van der Waals surface area contributed by atoms with Crippen molar-refractivity contribution in [3.05, 3.63) is 29.1 Å². The van der Waals surface area contributed by atoms with Gasteiger partial charge in [0.15, 0.2) is 0 Å². The van der Waals surface area contributed by atoms with Crippen LogP contribution in [0.1, 0.15) is 24.0 Å². The Morgan fingerprint density at radius 3 is 2.81 bits per heavy atom. The molecule has 0 bridgehead atoms. The van der Waals surface area contributed by atoms with Crippen molar-refractivity contribution in [2.75, 3.05) is 20.2 Å². The van der Waals surface area contributed by atoms with E-state index in [1.807, 2.05) is 0 Å². The average molecular weight is 316 g/mol. The van der Waals surface area contributed by atoms with Crippen LogP contribution < -0.4 is 10.0 Å². The molecule has 0 saturated carbocycles. The van der Waals surface area contributed by atoms with Gasteiger partial charge in [-0.1, -0.05) is 0 Å². The van der Waals surface area contributed by atoms with E-state index in [9.17, 15) is 12.8 Å². The lowest BCUT2D eigenvalue weighted by atomic mass is 10.1. The monoisotopic (exact) mass is 316 g/mol. The van der Waals surface area contributed by atoms with E-state index in [1.165, 1.54) is 12.1 Å². The van der Waals surface area contributed by atoms with Crippen LogP contribution in [0, 0.1) is 12.7 Å². The minimum absolute atomic E-state index is 0.0712. The number of sulfonamides is 1. The first-order chi connectivity index (χ1) is 9.94. The molecule has 1 saturated heterocycles. The second-order valence-corrected chi connectivity index (χ2v) is 7.00. The quantitative estimate of drug-likeness (QED) is 0.830. The van der Waals surface area contributed by atoms with E-state index in [-0.39, 0.29) is 29.9 Å². The van der Waals surface area contributed by atoms with E-state index in [0.717, 1.165) is 12.8 Å². The lowest BCUT2D eigenvalue weighted by Gasteiger charge is -2.13. The topological polar surface area (TPSA) is 67.4 Å². The zero-order valence-corrected chi connectivity index (χ0v) is 13.1. The highest BCUT2D eigenvalue weighted by molar-refractivity contribution is 7.89. The molecule has 1 aromatic carbocycles. The molecule has 5 nitrogen and oxygen atoms in total. The summed E-state index contributed by atoms with van der Waals surface area (Å²) in [4.78, 5) is 0.0876. The SMILES string of the molecule is CNCc1cc(S(=O)(=O)NCC2CCCO2)cc(C)c1F. The summed E-state index contributed by atoms with van der Waals surface area (Å²) in [6, 6.07) is 2.73. The van der Waals surface area contributed by atoms with Crippen LogP contribution in [0.15, 0.2) is 17.0 Å². The zero-order chi connectivity index (χ0) is 15.5. The van der Waals surface area contributed by atoms with Crippen LogP contribution in [-0.4, -0.2) is 34.7 Å². The van der Waals surface area contributed by atoms with Crippen LogP contribution in [0.3, 0.4) is 0 Å². The summed E-state index contributed by atoms with van der Waals surface area (Å²) in [6.45, 7) is 2.77. The standard InChI is InChI=1S/C14H21FN2O3S/c1-10-6-13(7-11(8-16-2)14(10)15)21(18,19)17-9-12-4-3-5-20-12/h6-7,12,16-17H,3-5,8-9H2,1-2H3. The van der Waals surface area contributed by atoms with E-state index in [0.29, 0.717) is 17.7 Å². The molecule has 0 aliphatic carbocycles. The summed E-state index contributed by atoms with van der Waals surface area (Å²) in [5.41, 5.74) is 0.662. The van der Waals surface area contributed by atoms with E-state index < -0.39 is 10.0 Å². The summed E-state index contributed by atoms with van der Waals surface area (Å²) in [5.74, 6) is -0.373. The third kappa shape index (κ3) is 4.00. The predicted octanol–water partition coefficient (Wildman–Crippen LogP) is 1.31. The molecule has 21 heavy (non-hydrogen) atoms. The van der Waals surface area contributed by atoms with Gasteiger partial charge in [0.2, 0.25) is 10.0 Å². The van der Waals surface area contributed by atoms with Gasteiger partial charge in [0.05, 0.1) is 11.0 Å². The number of ether oxygens (including phenoxy) is 1. The first-order valence-electron chi connectivity index (χ1n) is 6.99. The molecule has 0 amide bonds. The van der Waals surface area contributed by atoms with E-state index in [1.54, 1.807) is 14.0 Å². The highest BCUT2D eigenvalue weighted by atomic mass is 32.2. The highest BCUT2D eigenvalue weighted by Gasteiger charge is 2.21. The average Bonchev–Trinajstić information content (AvgIpc) is 2.95. The third-order valence-corrected chi connectivity index (χ3v) is 4.91. The summed E-state index contributed by atoms with van der Waals surface area (Å²) in [5, 5.41) is 2.83. The fourth-order valence-electron chi connectivity index (χ4n) is 2.37. The fourth-order valence-corrected chi connectivity index (χ4v) is 3.57. The van der Waals surface area contributed by atoms with Crippen molar-refractivity contribution < 1.29 is 17.5 Å². The molecule has 1 unspecified atom stereocenters. The molecular formula is C14H21FN2O3S. The fraction of sp³-hybridized carbons (Fsp3) is 0.571. The first kappa shape index (κ1) is 16.4. The zero-order valence-electron chi connectivity index (χ0n) is 12.3. The van der Waals surface area contributed by atoms with E-state index in [2.05, 4.69) is 10.0 Å². The van der Waals surface area contributed by atoms with E-state index >= 15 is 0 Å². The van der Waals surface area contributed by atoms with Crippen LogP contribution in [0.2, 0.25) is 0 Å². The van der Waals surface area contributed by atoms with Crippen molar-refractivity contribution in [2.45, 2.75) is 37.3 Å². The van der Waals surface area contributed by atoms with Crippen molar-refractivity contribution in [1.82, 2.24) is 10.0 Å². The predicted molar refractivity (Wildman–Crippen MR) is 78.1 cm³/mol. The summed E-state index contributed by atoms with van der Waals surface area (Å²) in [6.07, 6.45) is 1.74. The van der Waals surface area contributed by atoms with Crippen LogP contribution in [0.4, 0.5) is 4.39 Å². The van der Waals surface area contributed by atoms with Crippen LogP contribution in [-0.2, 0) is 21.3 Å². The summed E-state index contributed by atoms with van der Waals surface area (Å²) >= 11 is 0. The van der Waals surface area contributed by atoms with E-state index in [4.69, 9.17) is 4.74 Å². The van der Waals surface area contributed by atoms with Crippen LogP contribution >= 0.6 is 0 Å². The Kier molecular flexibility index (Phi) is 5.32. The second-order valence-electron chi connectivity index (χ2n) is 5.23. The molecule has 7 heteroatoms. The van der Waals surface area contributed by atoms with Gasteiger partial charge in [0.1, 0.15) is 5.82 Å². The maximum Gasteiger partial charge on any atom is 0.240 e. The molecule has 1 heterocycles. The Balaban J connectivity index is 2.18. The highest BCUT2D eigenvalue weighted by Crippen LogP contribution is 2.20. The molecular weight excluding hydrogens is 295 g/mol. The number of halogens is 1. The largest absolute Gasteiger partial charge is 0.377 e. The third-order valence-electron chi connectivity index (χ3n) is 3.51. The van der Waals surface area contributed by atoms with Gasteiger partial charge in [-0.05, 0) is 44.5 Å². The van der Waals surface area contributed by atoms with Crippen LogP contribution in [0.25, 0.3) is 0 Å². The molecule has 2 rings (SSSR count). The molecule has 1 atom stereocenters. The maximum atomic E-state index is 13.9. The van der Waals surface area contributed by atoms with Gasteiger partial charge in [-0.15, -0.1) is 0 Å². The number of nitrogens with one attached hydrogen (secondary N) is 2. The number of hydrogen-bond acceptors (Lipinski definition) is 4. The lowest BCUT2D eigenvalue weighted by molar-refractivity contribution is 0.114. The van der Waals surface area contributed by atoms with Crippen LogP contribution in [0.5, 0.6) is 0 Å². The van der Waals surface area contributed by atoms with Crippen molar-refractivity contribution in [3.63, 3.8) is 0 Å². The molecule has 0 aromatic heterocycles. The molecule has 1 aliphatic heterocycles. The molecule has 118 valence electrons. The van der Waals surface area contributed by atoms with Crippen molar-refractivity contribution in [3.8, 4) is 0 Å². The number of hydrogen-bond donors (Lipinski definition) is 2. The molecule has 1 aromatic rings. The molecule has 0 spiro atoms. The normalized spacial score (nSPS) is 19.1. The van der Waals surface area contributed by atoms with Gasteiger partial charge in [-0.2, -0.15) is 0 Å². The molecule has 2 N–H and O–H groups in total. The smallest absolute Gasteiger partial charge is 0.240 e. The van der Waals surface area contributed by atoms with Crippen molar-refractivity contribution in [1.29, 1.82) is 0 Å². The minimum atomic E-state index is -3.65. The number of aryl methyl sites for hydroxylation is 1. The summed E-state index contributed by atoms with van der Waals surface area (Å²) in [7, 11) is -1.97. The van der Waals surface area contributed by atoms with Gasteiger partial charge in [-0.25, -0.2) is 17.5 Å². The van der Waals surface area contributed by atoms with Gasteiger partial charge in [-0.3, -0.25) is 0 Å². The number of benzene rings is 1. The minimum Gasteiger partial charge on any atom is -0.377 e. The maximum absolute atomic E-state index is 13.9. The Morgan fingerprint density at radius 1 is 1.43 bits per heavy atom.